The Hall–Kier alpha value is -3.24. The van der Waals surface area contributed by atoms with Gasteiger partial charge in [0.1, 0.15) is 26.7 Å². The summed E-state index contributed by atoms with van der Waals surface area (Å²) >= 11 is 10.2. The van der Waals surface area contributed by atoms with E-state index in [-0.39, 0.29) is 18.3 Å². The number of hydrogen-bond donors (Lipinski definition) is 1. The van der Waals surface area contributed by atoms with Crippen molar-refractivity contribution in [2.24, 2.45) is 0 Å². The van der Waals surface area contributed by atoms with Gasteiger partial charge in [0, 0.05) is 26.2 Å². The molecule has 3 aromatic heterocycles. The number of thiophene rings is 2. The van der Waals surface area contributed by atoms with E-state index in [2.05, 4.69) is 33.5 Å². The van der Waals surface area contributed by atoms with Crippen LogP contribution < -0.4 is 5.32 Å². The fourth-order valence-electron chi connectivity index (χ4n) is 3.69. The van der Waals surface area contributed by atoms with E-state index in [1.54, 1.807) is 30.4 Å². The maximum absolute atomic E-state index is 12.9. The normalized spacial score (nSPS) is 11.0. The zero-order valence-corrected chi connectivity index (χ0v) is 22.8. The molecular formula is C27H20ClN3O3S3. The second kappa shape index (κ2) is 11.4. The first-order valence-corrected chi connectivity index (χ1v) is 14.4. The summed E-state index contributed by atoms with van der Waals surface area (Å²) in [6.07, 6.45) is 1.52. The van der Waals surface area contributed by atoms with Crippen LogP contribution in [0, 0.1) is 0 Å². The molecule has 0 saturated carbocycles. The molecule has 10 heteroatoms. The van der Waals surface area contributed by atoms with Gasteiger partial charge in [0.2, 0.25) is 5.91 Å². The first-order chi connectivity index (χ1) is 18.0. The van der Waals surface area contributed by atoms with Gasteiger partial charge >= 0.3 is 5.97 Å². The van der Waals surface area contributed by atoms with Crippen LogP contribution in [-0.2, 0) is 9.53 Å². The number of aromatic nitrogens is 2. The zero-order chi connectivity index (χ0) is 25.8. The second-order valence-corrected chi connectivity index (χ2v) is 11.1. The summed E-state index contributed by atoms with van der Waals surface area (Å²) in [5, 5.41) is 7.42. The quantitative estimate of drug-likeness (QED) is 0.118. The van der Waals surface area contributed by atoms with Crippen molar-refractivity contribution < 1.29 is 14.3 Å². The maximum Gasteiger partial charge on any atom is 0.341 e. The van der Waals surface area contributed by atoms with Crippen molar-refractivity contribution in [2.75, 3.05) is 17.7 Å². The van der Waals surface area contributed by atoms with E-state index in [4.69, 9.17) is 16.3 Å². The van der Waals surface area contributed by atoms with Gasteiger partial charge in [-0.1, -0.05) is 65.8 Å². The fraction of sp³-hybridized carbons (Fsp3) is 0.111. The molecule has 1 N–H and O–H groups in total. The van der Waals surface area contributed by atoms with Crippen molar-refractivity contribution >= 4 is 73.1 Å². The minimum atomic E-state index is -0.485. The van der Waals surface area contributed by atoms with Gasteiger partial charge in [-0.25, -0.2) is 14.8 Å². The topological polar surface area (TPSA) is 81.2 Å². The number of nitrogens with one attached hydrogen (secondary N) is 1. The highest BCUT2D eigenvalue weighted by Gasteiger charge is 2.23. The molecule has 0 fully saturated rings. The van der Waals surface area contributed by atoms with E-state index in [0.717, 1.165) is 31.2 Å². The second-order valence-electron chi connectivity index (χ2n) is 7.79. The first-order valence-electron chi connectivity index (χ1n) is 11.3. The average Bonchev–Trinajstić information content (AvgIpc) is 3.53. The van der Waals surface area contributed by atoms with Gasteiger partial charge in [-0.3, -0.25) is 4.79 Å². The largest absolute Gasteiger partial charge is 0.462 e. The molecule has 0 aliphatic carbocycles. The number of rotatable bonds is 8. The van der Waals surface area contributed by atoms with E-state index in [1.807, 2.05) is 35.7 Å². The third-order valence-electron chi connectivity index (χ3n) is 5.37. The van der Waals surface area contributed by atoms with Crippen molar-refractivity contribution in [1.82, 2.24) is 9.97 Å². The predicted octanol–water partition coefficient (Wildman–Crippen LogP) is 7.65. The smallest absolute Gasteiger partial charge is 0.341 e. The number of halogens is 1. The van der Waals surface area contributed by atoms with Gasteiger partial charge in [-0.2, -0.15) is 0 Å². The van der Waals surface area contributed by atoms with Crippen LogP contribution >= 0.6 is 46.0 Å². The lowest BCUT2D eigenvalue weighted by molar-refractivity contribution is -0.113. The Morgan fingerprint density at radius 1 is 1.05 bits per heavy atom. The van der Waals surface area contributed by atoms with Gasteiger partial charge in [-0.05, 0) is 36.2 Å². The summed E-state index contributed by atoms with van der Waals surface area (Å²) in [5.74, 6) is -0.606. The molecule has 0 aliphatic rings. The number of carbonyl (C=O) groups excluding carboxylic acids is 2. The van der Waals surface area contributed by atoms with Crippen molar-refractivity contribution in [2.45, 2.75) is 11.9 Å². The number of hydrogen-bond acceptors (Lipinski definition) is 8. The molecule has 0 spiro atoms. The molecule has 0 atom stereocenters. The molecular weight excluding hydrogens is 546 g/mol. The molecule has 5 rings (SSSR count). The van der Waals surface area contributed by atoms with Crippen LogP contribution in [0.3, 0.4) is 0 Å². The molecule has 0 bridgehead atoms. The highest BCUT2D eigenvalue weighted by Crippen LogP contribution is 2.38. The molecule has 1 amide bonds. The number of carbonyl (C=O) groups is 2. The van der Waals surface area contributed by atoms with Gasteiger partial charge in [0.25, 0.3) is 0 Å². The molecule has 0 unspecified atom stereocenters. The van der Waals surface area contributed by atoms with E-state index in [1.165, 1.54) is 29.4 Å². The third-order valence-corrected chi connectivity index (χ3v) is 8.61. The lowest BCUT2D eigenvalue weighted by Gasteiger charge is -2.09. The highest BCUT2D eigenvalue weighted by molar-refractivity contribution is 8.00. The minimum Gasteiger partial charge on any atom is -0.462 e. The standard InChI is InChI=1S/C27H20ClN3O3S3/c1-2-34-27(33)23-20(16-8-10-18(28)11-9-16)13-35-26(23)31-22(32)14-36-24-19-12-21(17-6-4-3-5-7-17)37-25(19)30-15-29-24/h3-13,15H,2,14H2,1H3,(H,31,32). The number of amides is 1. The van der Waals surface area contributed by atoms with E-state index in [9.17, 15) is 9.59 Å². The SMILES string of the molecule is CCOC(=O)c1c(-c2ccc(Cl)cc2)csc1NC(=O)CSc1ncnc2sc(-c3ccccc3)cc12. The average molecular weight is 566 g/mol. The molecule has 5 aromatic rings. The molecule has 0 aliphatic heterocycles. The lowest BCUT2D eigenvalue weighted by atomic mass is 10.0. The number of nitrogens with zero attached hydrogens (tertiary/aromatic N) is 2. The van der Waals surface area contributed by atoms with E-state index in [0.29, 0.717) is 21.2 Å². The van der Waals surface area contributed by atoms with Crippen LogP contribution in [0.25, 0.3) is 31.8 Å². The summed E-state index contributed by atoms with van der Waals surface area (Å²) in [5.41, 5.74) is 2.95. The van der Waals surface area contributed by atoms with Crippen LogP contribution in [0.15, 0.2) is 77.4 Å². The number of ether oxygens (including phenoxy) is 1. The Morgan fingerprint density at radius 3 is 2.59 bits per heavy atom. The van der Waals surface area contributed by atoms with Crippen molar-refractivity contribution in [3.8, 4) is 21.6 Å². The Morgan fingerprint density at radius 2 is 1.84 bits per heavy atom. The number of benzene rings is 2. The summed E-state index contributed by atoms with van der Waals surface area (Å²) in [4.78, 5) is 36.5. The number of esters is 1. The Balaban J connectivity index is 1.35. The zero-order valence-electron chi connectivity index (χ0n) is 19.6. The number of anilines is 1. The molecule has 0 saturated heterocycles. The van der Waals surface area contributed by atoms with Crippen molar-refractivity contribution in [3.05, 3.63) is 83.0 Å². The van der Waals surface area contributed by atoms with Gasteiger partial charge in [0.05, 0.1) is 12.4 Å². The van der Waals surface area contributed by atoms with Crippen LogP contribution in [0.2, 0.25) is 5.02 Å². The molecule has 6 nitrogen and oxygen atoms in total. The molecule has 37 heavy (non-hydrogen) atoms. The fourth-order valence-corrected chi connectivity index (χ4v) is 6.63. The van der Waals surface area contributed by atoms with Crippen LogP contribution in [0.4, 0.5) is 5.00 Å². The summed E-state index contributed by atoms with van der Waals surface area (Å²) < 4.78 is 5.28. The van der Waals surface area contributed by atoms with Crippen LogP contribution in [0.1, 0.15) is 17.3 Å². The highest BCUT2D eigenvalue weighted by atomic mass is 35.5. The summed E-state index contributed by atoms with van der Waals surface area (Å²) in [7, 11) is 0. The van der Waals surface area contributed by atoms with Crippen LogP contribution in [-0.4, -0.2) is 34.2 Å². The number of thioether (sulfide) groups is 1. The van der Waals surface area contributed by atoms with Crippen LogP contribution in [0.5, 0.6) is 0 Å². The first kappa shape index (κ1) is 25.4. The lowest BCUT2D eigenvalue weighted by Crippen LogP contribution is -2.16. The number of fused-ring (bicyclic) bond motifs is 1. The van der Waals surface area contributed by atoms with E-state index < -0.39 is 5.97 Å². The maximum atomic E-state index is 12.9. The monoisotopic (exact) mass is 565 g/mol. The summed E-state index contributed by atoms with van der Waals surface area (Å²) in [6, 6.07) is 19.3. The Bertz CT molecular complexity index is 1570. The summed E-state index contributed by atoms with van der Waals surface area (Å²) in [6.45, 7) is 1.98. The Kier molecular flexibility index (Phi) is 7.85. The van der Waals surface area contributed by atoms with Crippen molar-refractivity contribution in [1.29, 1.82) is 0 Å². The predicted molar refractivity (Wildman–Crippen MR) is 153 cm³/mol. The minimum absolute atomic E-state index is 0.124. The molecule has 3 heterocycles. The Labute approximate surface area is 230 Å². The van der Waals surface area contributed by atoms with Crippen molar-refractivity contribution in [3.63, 3.8) is 0 Å². The molecule has 186 valence electrons. The third kappa shape index (κ3) is 5.70. The van der Waals surface area contributed by atoms with E-state index >= 15 is 0 Å². The van der Waals surface area contributed by atoms with Gasteiger partial charge < -0.3 is 10.1 Å². The molecule has 2 aromatic carbocycles. The molecule has 0 radical (unpaired) electrons. The van der Waals surface area contributed by atoms with Gasteiger partial charge in [0.15, 0.2) is 0 Å². The van der Waals surface area contributed by atoms with Gasteiger partial charge in [-0.15, -0.1) is 22.7 Å².